The van der Waals surface area contributed by atoms with Crippen LogP contribution in [0.5, 0.6) is 5.75 Å². The van der Waals surface area contributed by atoms with E-state index >= 15 is 0 Å². The number of piperidine rings is 1. The van der Waals surface area contributed by atoms with Gasteiger partial charge in [-0.1, -0.05) is 11.2 Å². The lowest BCUT2D eigenvalue weighted by molar-refractivity contribution is 0.0934. The van der Waals surface area contributed by atoms with Gasteiger partial charge >= 0.3 is 0 Å². The van der Waals surface area contributed by atoms with E-state index in [9.17, 15) is 9.59 Å². The molecule has 0 atom stereocenters. The van der Waals surface area contributed by atoms with Crippen LogP contribution in [0, 0.1) is 19.8 Å². The number of pyridine rings is 2. The molecule has 5 rings (SSSR count). The number of aromatic nitrogens is 3. The number of benzene rings is 1. The number of aryl methyl sites for hydroxylation is 2. The second-order valence-electron chi connectivity index (χ2n) is 9.95. The standard InChI is InChI=1S/C29H32N4O4/c1-18-28(19(2)37-31-18)24-15-21-14-23(26(34)13-20-8-11-32(3)12-9-20)29(35)33(25(21)16-27(24)36-4)17-22-7-5-6-10-30-22/h5-7,10,14-16,20H,8-9,11-13,17H2,1-4H3. The summed E-state index contributed by atoms with van der Waals surface area (Å²) in [7, 11) is 3.70. The Balaban J connectivity index is 1.66. The normalized spacial score (nSPS) is 14.8. The number of carbonyl (C=O) groups is 1. The van der Waals surface area contributed by atoms with Gasteiger partial charge in [0.1, 0.15) is 11.5 Å². The van der Waals surface area contributed by atoms with Crippen LogP contribution in [0.15, 0.2) is 51.9 Å². The van der Waals surface area contributed by atoms with E-state index < -0.39 is 0 Å². The summed E-state index contributed by atoms with van der Waals surface area (Å²) in [5.74, 6) is 1.46. The first-order valence-corrected chi connectivity index (χ1v) is 12.7. The van der Waals surface area contributed by atoms with Crippen molar-refractivity contribution < 1.29 is 14.1 Å². The highest BCUT2D eigenvalue weighted by Gasteiger charge is 2.24. The first kappa shape index (κ1) is 24.9. The van der Waals surface area contributed by atoms with Crippen molar-refractivity contribution >= 4 is 16.7 Å². The van der Waals surface area contributed by atoms with E-state index in [4.69, 9.17) is 9.26 Å². The Morgan fingerprint density at radius 1 is 1.16 bits per heavy atom. The van der Waals surface area contributed by atoms with Gasteiger partial charge in [-0.2, -0.15) is 0 Å². The second-order valence-corrected chi connectivity index (χ2v) is 9.95. The zero-order valence-corrected chi connectivity index (χ0v) is 21.8. The van der Waals surface area contributed by atoms with Crippen LogP contribution < -0.4 is 10.3 Å². The minimum absolute atomic E-state index is 0.106. The molecule has 1 aliphatic heterocycles. The number of methoxy groups -OCH3 is 1. The molecule has 8 nitrogen and oxygen atoms in total. The van der Waals surface area contributed by atoms with Gasteiger partial charge in [0.15, 0.2) is 5.78 Å². The number of ketones is 1. The van der Waals surface area contributed by atoms with Crippen molar-refractivity contribution in [1.82, 2.24) is 19.6 Å². The van der Waals surface area contributed by atoms with Gasteiger partial charge in [0.2, 0.25) is 0 Å². The molecule has 0 unspecified atom stereocenters. The van der Waals surface area contributed by atoms with E-state index in [0.29, 0.717) is 23.4 Å². The van der Waals surface area contributed by atoms with E-state index in [2.05, 4.69) is 22.1 Å². The molecule has 4 aromatic rings. The predicted molar refractivity (Wildman–Crippen MR) is 142 cm³/mol. The van der Waals surface area contributed by atoms with Gasteiger partial charge in [0, 0.05) is 29.6 Å². The van der Waals surface area contributed by atoms with E-state index in [-0.39, 0.29) is 29.4 Å². The predicted octanol–water partition coefficient (Wildman–Crippen LogP) is 4.64. The highest BCUT2D eigenvalue weighted by atomic mass is 16.5. The Morgan fingerprint density at radius 2 is 1.95 bits per heavy atom. The van der Waals surface area contributed by atoms with Crippen molar-refractivity contribution in [3.05, 3.63) is 75.7 Å². The molecule has 0 saturated carbocycles. The van der Waals surface area contributed by atoms with Gasteiger partial charge in [0.05, 0.1) is 41.7 Å². The first-order valence-electron chi connectivity index (χ1n) is 12.7. The molecule has 8 heteroatoms. The SMILES string of the molecule is COc1cc2c(cc1-c1c(C)noc1C)cc(C(=O)CC1CCN(C)CC1)c(=O)n2Cc1ccccn1. The van der Waals surface area contributed by atoms with Crippen molar-refractivity contribution in [2.45, 2.75) is 39.7 Å². The number of ether oxygens (including phenoxy) is 1. The number of fused-ring (bicyclic) bond motifs is 1. The molecule has 1 saturated heterocycles. The van der Waals surface area contributed by atoms with Crippen LogP contribution in [-0.4, -0.2) is 52.6 Å². The quantitative estimate of drug-likeness (QED) is 0.342. The molecule has 192 valence electrons. The van der Waals surface area contributed by atoms with E-state index in [1.165, 1.54) is 0 Å². The summed E-state index contributed by atoms with van der Waals surface area (Å²) in [5.41, 5.74) is 3.73. The lowest BCUT2D eigenvalue weighted by atomic mass is 9.90. The third-order valence-corrected chi connectivity index (χ3v) is 7.38. The molecule has 1 aromatic carbocycles. The van der Waals surface area contributed by atoms with Gasteiger partial charge in [-0.05, 0) is 77.0 Å². The third-order valence-electron chi connectivity index (χ3n) is 7.38. The third kappa shape index (κ3) is 4.93. The van der Waals surface area contributed by atoms with Gasteiger partial charge < -0.3 is 18.7 Å². The summed E-state index contributed by atoms with van der Waals surface area (Å²) in [6.45, 7) is 5.94. The Hall–Kier alpha value is -3.78. The van der Waals surface area contributed by atoms with Crippen molar-refractivity contribution in [3.8, 4) is 16.9 Å². The second kappa shape index (κ2) is 10.3. The van der Waals surface area contributed by atoms with E-state index in [1.807, 2.05) is 44.2 Å². The molecule has 0 N–H and O–H groups in total. The fourth-order valence-corrected chi connectivity index (χ4v) is 5.29. The van der Waals surface area contributed by atoms with Gasteiger partial charge in [-0.15, -0.1) is 0 Å². The number of nitrogens with zero attached hydrogens (tertiary/aromatic N) is 4. The highest BCUT2D eigenvalue weighted by molar-refractivity contribution is 6.00. The minimum Gasteiger partial charge on any atom is -0.496 e. The first-order chi connectivity index (χ1) is 17.9. The van der Waals surface area contributed by atoms with Gasteiger partial charge in [-0.3, -0.25) is 14.6 Å². The maximum atomic E-state index is 13.8. The molecule has 0 spiro atoms. The summed E-state index contributed by atoms with van der Waals surface area (Å²) >= 11 is 0. The fraction of sp³-hybridized carbons (Fsp3) is 0.379. The van der Waals surface area contributed by atoms with Crippen molar-refractivity contribution in [3.63, 3.8) is 0 Å². The number of Topliss-reactive ketones (excluding diaryl/α,β-unsaturated/α-hetero) is 1. The molecule has 3 aromatic heterocycles. The smallest absolute Gasteiger partial charge is 0.262 e. The molecule has 4 heterocycles. The van der Waals surface area contributed by atoms with Crippen LogP contribution in [0.3, 0.4) is 0 Å². The van der Waals surface area contributed by atoms with Crippen LogP contribution in [0.25, 0.3) is 22.0 Å². The summed E-state index contributed by atoms with van der Waals surface area (Å²) in [6.07, 6.45) is 4.01. The molecular formula is C29H32N4O4. The summed E-state index contributed by atoms with van der Waals surface area (Å²) in [4.78, 5) is 34.0. The lowest BCUT2D eigenvalue weighted by Gasteiger charge is -2.28. The molecule has 1 aliphatic rings. The molecule has 1 fully saturated rings. The number of rotatable bonds is 7. The maximum absolute atomic E-state index is 13.8. The number of likely N-dealkylation sites (tertiary alicyclic amines) is 1. The molecular weight excluding hydrogens is 468 g/mol. The zero-order valence-electron chi connectivity index (χ0n) is 21.8. The Labute approximate surface area is 215 Å². The molecule has 0 radical (unpaired) electrons. The molecule has 0 aliphatic carbocycles. The summed E-state index contributed by atoms with van der Waals surface area (Å²) < 4.78 is 12.8. The Kier molecular flexibility index (Phi) is 6.93. The summed E-state index contributed by atoms with van der Waals surface area (Å²) in [6, 6.07) is 11.2. The van der Waals surface area contributed by atoms with Crippen LogP contribution in [0.1, 0.15) is 46.8 Å². The largest absolute Gasteiger partial charge is 0.496 e. The zero-order chi connectivity index (χ0) is 26.1. The highest BCUT2D eigenvalue weighted by Crippen LogP contribution is 2.37. The fourth-order valence-electron chi connectivity index (χ4n) is 5.29. The van der Waals surface area contributed by atoms with Crippen LogP contribution in [0.2, 0.25) is 0 Å². The monoisotopic (exact) mass is 500 g/mol. The van der Waals surface area contributed by atoms with Crippen molar-refractivity contribution in [2.75, 3.05) is 27.2 Å². The van der Waals surface area contributed by atoms with Crippen molar-refractivity contribution in [2.24, 2.45) is 5.92 Å². The molecule has 0 bridgehead atoms. The molecule has 0 amide bonds. The van der Waals surface area contributed by atoms with E-state index in [0.717, 1.165) is 53.8 Å². The molecule has 37 heavy (non-hydrogen) atoms. The Bertz CT molecular complexity index is 1480. The summed E-state index contributed by atoms with van der Waals surface area (Å²) in [5, 5.41) is 4.88. The Morgan fingerprint density at radius 3 is 2.59 bits per heavy atom. The van der Waals surface area contributed by atoms with Crippen LogP contribution in [-0.2, 0) is 6.54 Å². The average molecular weight is 501 g/mol. The minimum atomic E-state index is -0.303. The number of hydrogen-bond acceptors (Lipinski definition) is 7. The number of carbonyl (C=O) groups excluding carboxylic acids is 1. The lowest BCUT2D eigenvalue weighted by Crippen LogP contribution is -2.32. The topological polar surface area (TPSA) is 90.5 Å². The van der Waals surface area contributed by atoms with E-state index in [1.54, 1.807) is 23.9 Å². The average Bonchev–Trinajstić information content (AvgIpc) is 3.24. The number of hydrogen-bond donors (Lipinski definition) is 0. The van der Waals surface area contributed by atoms with Gasteiger partial charge in [0.25, 0.3) is 5.56 Å². The van der Waals surface area contributed by atoms with Gasteiger partial charge in [-0.25, -0.2) is 0 Å². The van der Waals surface area contributed by atoms with Crippen LogP contribution >= 0.6 is 0 Å². The maximum Gasteiger partial charge on any atom is 0.262 e. The van der Waals surface area contributed by atoms with Crippen molar-refractivity contribution in [1.29, 1.82) is 0 Å². The van der Waals surface area contributed by atoms with Crippen LogP contribution in [0.4, 0.5) is 0 Å².